The lowest BCUT2D eigenvalue weighted by molar-refractivity contribution is -0.117. The van der Waals surface area contributed by atoms with Crippen LogP contribution < -0.4 is 15.5 Å². The number of carbonyl (C=O) groups is 1. The fourth-order valence-corrected chi connectivity index (χ4v) is 3.92. The number of halogens is 1. The first kappa shape index (κ1) is 17.2. The molecule has 132 valence electrons. The Labute approximate surface area is 143 Å². The van der Waals surface area contributed by atoms with Gasteiger partial charge in [-0.15, -0.1) is 0 Å². The lowest BCUT2D eigenvalue weighted by atomic mass is 9.84. The van der Waals surface area contributed by atoms with Crippen molar-refractivity contribution in [3.8, 4) is 0 Å². The van der Waals surface area contributed by atoms with Gasteiger partial charge in [0.15, 0.2) is 0 Å². The van der Waals surface area contributed by atoms with Gasteiger partial charge in [0.2, 0.25) is 5.91 Å². The van der Waals surface area contributed by atoms with Crippen molar-refractivity contribution in [3.05, 3.63) is 24.0 Å². The molecule has 2 fully saturated rings. The highest BCUT2D eigenvalue weighted by molar-refractivity contribution is 5.94. The Bertz CT molecular complexity index is 566. The van der Waals surface area contributed by atoms with Crippen LogP contribution in [0.1, 0.15) is 39.0 Å². The van der Waals surface area contributed by atoms with E-state index in [4.69, 9.17) is 0 Å². The quantitative estimate of drug-likeness (QED) is 0.868. The largest absolute Gasteiger partial charge is 0.370 e. The van der Waals surface area contributed by atoms with Gasteiger partial charge in [-0.05, 0) is 62.7 Å². The Hall–Kier alpha value is -1.62. The number of anilines is 2. The predicted molar refractivity (Wildman–Crippen MR) is 95.9 cm³/mol. The van der Waals surface area contributed by atoms with Crippen molar-refractivity contribution >= 4 is 17.3 Å². The summed E-state index contributed by atoms with van der Waals surface area (Å²) in [6, 6.07) is 5.04. The molecule has 1 atom stereocenters. The van der Waals surface area contributed by atoms with E-state index in [0.717, 1.165) is 57.5 Å². The van der Waals surface area contributed by atoms with Crippen LogP contribution in [0, 0.1) is 17.7 Å². The number of benzene rings is 1. The minimum atomic E-state index is -0.345. The first-order chi connectivity index (χ1) is 11.6. The van der Waals surface area contributed by atoms with Gasteiger partial charge in [0, 0.05) is 19.5 Å². The Morgan fingerprint density at radius 2 is 2.04 bits per heavy atom. The zero-order valence-electron chi connectivity index (χ0n) is 14.5. The Balaban J connectivity index is 1.65. The lowest BCUT2D eigenvalue weighted by Crippen LogP contribution is -2.32. The molecule has 0 spiro atoms. The molecule has 0 saturated carbocycles. The third-order valence-corrected chi connectivity index (χ3v) is 5.40. The van der Waals surface area contributed by atoms with Crippen LogP contribution in [0.15, 0.2) is 18.2 Å². The summed E-state index contributed by atoms with van der Waals surface area (Å²) < 4.78 is 14.3. The third kappa shape index (κ3) is 4.07. The maximum absolute atomic E-state index is 14.3. The fraction of sp³-hybridized carbons (Fsp3) is 0.632. The van der Waals surface area contributed by atoms with E-state index in [2.05, 4.69) is 22.5 Å². The molecule has 2 heterocycles. The molecule has 1 aromatic carbocycles. The van der Waals surface area contributed by atoms with Gasteiger partial charge in [-0.1, -0.05) is 13.0 Å². The van der Waals surface area contributed by atoms with Crippen molar-refractivity contribution in [1.82, 2.24) is 5.32 Å². The highest BCUT2D eigenvalue weighted by Gasteiger charge is 2.24. The van der Waals surface area contributed by atoms with Crippen molar-refractivity contribution in [2.24, 2.45) is 11.8 Å². The van der Waals surface area contributed by atoms with Gasteiger partial charge < -0.3 is 15.5 Å². The topological polar surface area (TPSA) is 44.4 Å². The molecule has 3 rings (SSSR count). The molecular formula is C19H28FN3O. The lowest BCUT2D eigenvalue weighted by Gasteiger charge is -2.28. The molecule has 0 aromatic heterocycles. The van der Waals surface area contributed by atoms with E-state index in [0.29, 0.717) is 23.9 Å². The summed E-state index contributed by atoms with van der Waals surface area (Å²) in [6.45, 7) is 6.06. The number of para-hydroxylation sites is 1. The molecule has 4 nitrogen and oxygen atoms in total. The van der Waals surface area contributed by atoms with Crippen LogP contribution >= 0.6 is 0 Å². The molecule has 0 radical (unpaired) electrons. The number of rotatable bonds is 5. The van der Waals surface area contributed by atoms with E-state index in [1.165, 1.54) is 6.07 Å². The molecule has 1 aromatic rings. The summed E-state index contributed by atoms with van der Waals surface area (Å²) >= 11 is 0. The summed E-state index contributed by atoms with van der Waals surface area (Å²) in [5, 5.41) is 6.21. The van der Waals surface area contributed by atoms with Crippen LogP contribution in [0.2, 0.25) is 0 Å². The van der Waals surface area contributed by atoms with Gasteiger partial charge >= 0.3 is 0 Å². The second-order valence-electron chi connectivity index (χ2n) is 7.15. The van der Waals surface area contributed by atoms with Crippen molar-refractivity contribution in [3.63, 3.8) is 0 Å². The molecule has 0 bridgehead atoms. The van der Waals surface area contributed by atoms with Gasteiger partial charge in [0.05, 0.1) is 5.69 Å². The van der Waals surface area contributed by atoms with Crippen LogP contribution in [0.5, 0.6) is 0 Å². The minimum absolute atomic E-state index is 0.0772. The number of carbonyl (C=O) groups excluding carboxylic acids is 1. The van der Waals surface area contributed by atoms with E-state index in [-0.39, 0.29) is 11.7 Å². The fourth-order valence-electron chi connectivity index (χ4n) is 3.92. The van der Waals surface area contributed by atoms with Crippen LogP contribution in [0.25, 0.3) is 0 Å². The Morgan fingerprint density at radius 3 is 2.75 bits per heavy atom. The van der Waals surface area contributed by atoms with Gasteiger partial charge in [0.25, 0.3) is 0 Å². The molecule has 1 amide bonds. The monoisotopic (exact) mass is 333 g/mol. The van der Waals surface area contributed by atoms with Crippen molar-refractivity contribution < 1.29 is 9.18 Å². The minimum Gasteiger partial charge on any atom is -0.370 e. The van der Waals surface area contributed by atoms with Gasteiger partial charge in [-0.2, -0.15) is 0 Å². The Morgan fingerprint density at radius 1 is 1.33 bits per heavy atom. The molecule has 0 aliphatic carbocycles. The van der Waals surface area contributed by atoms with E-state index in [9.17, 15) is 9.18 Å². The summed E-state index contributed by atoms with van der Waals surface area (Å²) in [7, 11) is 0. The van der Waals surface area contributed by atoms with Crippen molar-refractivity contribution in [2.75, 3.05) is 36.4 Å². The molecule has 5 heteroatoms. The number of hydrogen-bond acceptors (Lipinski definition) is 3. The summed E-state index contributed by atoms with van der Waals surface area (Å²) in [4.78, 5) is 14.6. The summed E-state index contributed by atoms with van der Waals surface area (Å²) in [5.41, 5.74) is 1.16. The van der Waals surface area contributed by atoms with E-state index >= 15 is 0 Å². The van der Waals surface area contributed by atoms with Crippen molar-refractivity contribution in [2.45, 2.75) is 39.0 Å². The van der Waals surface area contributed by atoms with Crippen LogP contribution in [-0.4, -0.2) is 32.1 Å². The SMILES string of the molecule is CC(CC(=O)Nc1c(F)cccc1N1CCCC1)C1CCNCC1. The average Bonchev–Trinajstić information content (AvgIpc) is 3.12. The number of nitrogens with one attached hydrogen (secondary N) is 2. The van der Waals surface area contributed by atoms with E-state index in [1.807, 2.05) is 6.07 Å². The molecule has 2 N–H and O–H groups in total. The molecule has 2 aliphatic heterocycles. The Kier molecular flexibility index (Phi) is 5.72. The molecular weight excluding hydrogens is 305 g/mol. The number of amides is 1. The maximum atomic E-state index is 14.3. The number of hydrogen-bond donors (Lipinski definition) is 2. The normalized spacial score (nSPS) is 20.2. The zero-order chi connectivity index (χ0) is 16.9. The summed E-state index contributed by atoms with van der Waals surface area (Å²) in [5.74, 6) is 0.485. The molecule has 2 saturated heterocycles. The highest BCUT2D eigenvalue weighted by Crippen LogP contribution is 2.32. The first-order valence-corrected chi connectivity index (χ1v) is 9.19. The molecule has 1 unspecified atom stereocenters. The van der Waals surface area contributed by atoms with Crippen LogP contribution in [0.3, 0.4) is 0 Å². The standard InChI is InChI=1S/C19H28FN3O/c1-14(15-7-9-21-10-8-15)13-18(24)22-19-16(20)5-4-6-17(19)23-11-2-3-12-23/h4-6,14-15,21H,2-3,7-13H2,1H3,(H,22,24). The average molecular weight is 333 g/mol. The maximum Gasteiger partial charge on any atom is 0.224 e. The van der Waals surface area contributed by atoms with Gasteiger partial charge in [-0.25, -0.2) is 4.39 Å². The second kappa shape index (κ2) is 7.97. The number of piperidine rings is 1. The zero-order valence-corrected chi connectivity index (χ0v) is 14.5. The summed E-state index contributed by atoms with van der Waals surface area (Å²) in [6.07, 6.45) is 4.94. The van der Waals surface area contributed by atoms with Gasteiger partial charge in [0.1, 0.15) is 11.5 Å². The smallest absolute Gasteiger partial charge is 0.224 e. The van der Waals surface area contributed by atoms with E-state index < -0.39 is 0 Å². The first-order valence-electron chi connectivity index (χ1n) is 9.19. The van der Waals surface area contributed by atoms with Crippen LogP contribution in [0.4, 0.5) is 15.8 Å². The van der Waals surface area contributed by atoms with E-state index in [1.54, 1.807) is 6.07 Å². The second-order valence-corrected chi connectivity index (χ2v) is 7.15. The van der Waals surface area contributed by atoms with Crippen LogP contribution in [-0.2, 0) is 4.79 Å². The molecule has 2 aliphatic rings. The predicted octanol–water partition coefficient (Wildman–Crippen LogP) is 3.39. The highest BCUT2D eigenvalue weighted by atomic mass is 19.1. The number of nitrogens with zero attached hydrogens (tertiary/aromatic N) is 1. The third-order valence-electron chi connectivity index (χ3n) is 5.40. The molecule has 24 heavy (non-hydrogen) atoms. The van der Waals surface area contributed by atoms with Crippen molar-refractivity contribution in [1.29, 1.82) is 0 Å². The van der Waals surface area contributed by atoms with Gasteiger partial charge in [-0.3, -0.25) is 4.79 Å².